The Balaban J connectivity index is 1.47. The molecule has 2 aliphatic carbocycles. The van der Waals surface area contributed by atoms with E-state index in [0.717, 1.165) is 11.6 Å². The molecule has 0 unspecified atom stereocenters. The van der Waals surface area contributed by atoms with Crippen LogP contribution in [0.1, 0.15) is 49.9 Å². The quantitative estimate of drug-likeness (QED) is 0.825. The number of carbonyl (C=O) groups excluding carboxylic acids is 1. The largest absolute Gasteiger partial charge is 0.497 e. The molecule has 150 valence electrons. The third-order valence-corrected chi connectivity index (χ3v) is 6.84. The fourth-order valence-electron chi connectivity index (χ4n) is 5.23. The van der Waals surface area contributed by atoms with Gasteiger partial charge in [0.1, 0.15) is 11.6 Å². The number of aryl methyl sites for hydroxylation is 1. The maximum atomic E-state index is 13.0. The summed E-state index contributed by atoms with van der Waals surface area (Å²) in [6.07, 6.45) is 8.84. The van der Waals surface area contributed by atoms with Crippen LogP contribution in [-0.2, 0) is 11.3 Å². The van der Waals surface area contributed by atoms with Crippen LogP contribution >= 0.6 is 0 Å². The Morgan fingerprint density at radius 3 is 2.61 bits per heavy atom. The van der Waals surface area contributed by atoms with Crippen LogP contribution in [0.25, 0.3) is 0 Å². The Kier molecular flexibility index (Phi) is 5.42. The van der Waals surface area contributed by atoms with E-state index >= 15 is 0 Å². The van der Waals surface area contributed by atoms with E-state index < -0.39 is 0 Å². The number of nitrogens with zero attached hydrogens (tertiary/aromatic N) is 2. The van der Waals surface area contributed by atoms with E-state index in [2.05, 4.69) is 27.0 Å². The average molecular weight is 382 g/mol. The highest BCUT2D eigenvalue weighted by Gasteiger charge is 2.51. The van der Waals surface area contributed by atoms with E-state index in [1.54, 1.807) is 13.3 Å². The summed E-state index contributed by atoms with van der Waals surface area (Å²) >= 11 is 0. The molecule has 2 saturated carbocycles. The highest BCUT2D eigenvalue weighted by atomic mass is 16.5. The number of amides is 1. The molecule has 1 aromatic heterocycles. The maximum absolute atomic E-state index is 13.0. The second kappa shape index (κ2) is 7.98. The van der Waals surface area contributed by atoms with Crippen LogP contribution in [-0.4, -0.2) is 28.6 Å². The van der Waals surface area contributed by atoms with Gasteiger partial charge in [-0.2, -0.15) is 0 Å². The highest BCUT2D eigenvalue weighted by molar-refractivity contribution is 5.79. The van der Waals surface area contributed by atoms with Gasteiger partial charge >= 0.3 is 0 Å². The number of hydrogen-bond donors (Lipinski definition) is 1. The molecule has 5 heteroatoms. The maximum Gasteiger partial charge on any atom is 0.224 e. The van der Waals surface area contributed by atoms with Crippen LogP contribution in [0.4, 0.5) is 0 Å². The van der Waals surface area contributed by atoms with Crippen molar-refractivity contribution >= 4 is 5.91 Å². The Bertz CT molecular complexity index is 814. The number of imidazole rings is 1. The fourth-order valence-corrected chi connectivity index (χ4v) is 5.23. The van der Waals surface area contributed by atoms with Crippen molar-refractivity contribution in [3.8, 4) is 5.75 Å². The first kappa shape index (κ1) is 19.0. The molecule has 0 saturated heterocycles. The molecule has 1 amide bonds. The minimum absolute atomic E-state index is 0.0768. The normalized spacial score (nSPS) is 27.4. The van der Waals surface area contributed by atoms with Gasteiger partial charge in [0.2, 0.25) is 5.91 Å². The third-order valence-electron chi connectivity index (χ3n) is 6.84. The number of benzene rings is 1. The zero-order valence-electron chi connectivity index (χ0n) is 17.1. The molecular formula is C23H31N3O2. The lowest BCUT2D eigenvalue weighted by Crippen LogP contribution is -2.60. The first-order valence-corrected chi connectivity index (χ1v) is 10.5. The predicted octanol–water partition coefficient (Wildman–Crippen LogP) is 3.92. The van der Waals surface area contributed by atoms with Crippen LogP contribution < -0.4 is 10.1 Å². The van der Waals surface area contributed by atoms with Gasteiger partial charge in [-0.3, -0.25) is 4.79 Å². The monoisotopic (exact) mass is 381 g/mol. The van der Waals surface area contributed by atoms with E-state index in [0.29, 0.717) is 24.3 Å². The van der Waals surface area contributed by atoms with Gasteiger partial charge in [0.15, 0.2) is 0 Å². The van der Waals surface area contributed by atoms with E-state index in [1.807, 2.05) is 32.2 Å². The van der Waals surface area contributed by atoms with Gasteiger partial charge in [-0.05, 0) is 49.3 Å². The van der Waals surface area contributed by atoms with Crippen molar-refractivity contribution < 1.29 is 9.53 Å². The van der Waals surface area contributed by atoms with Crippen LogP contribution in [0.2, 0.25) is 0 Å². The topological polar surface area (TPSA) is 56.1 Å². The van der Waals surface area contributed by atoms with Crippen molar-refractivity contribution in [1.82, 2.24) is 14.9 Å². The summed E-state index contributed by atoms with van der Waals surface area (Å²) in [6.45, 7) is 4.66. The van der Waals surface area contributed by atoms with Crippen molar-refractivity contribution in [2.45, 2.75) is 58.0 Å². The van der Waals surface area contributed by atoms with Crippen LogP contribution in [0.3, 0.4) is 0 Å². The summed E-state index contributed by atoms with van der Waals surface area (Å²) in [5.74, 6) is 3.64. The first-order valence-electron chi connectivity index (χ1n) is 10.5. The molecule has 0 radical (unpaired) electrons. The lowest BCUT2D eigenvalue weighted by molar-refractivity contribution is -0.128. The summed E-state index contributed by atoms with van der Waals surface area (Å²) in [6, 6.07) is 8.67. The van der Waals surface area contributed by atoms with E-state index in [1.165, 1.54) is 31.2 Å². The first-order chi connectivity index (χ1) is 13.6. The number of nitrogens with one attached hydrogen (secondary N) is 1. The number of aromatic nitrogens is 2. The molecule has 5 nitrogen and oxygen atoms in total. The zero-order valence-corrected chi connectivity index (χ0v) is 17.1. The molecule has 1 heterocycles. The average Bonchev–Trinajstić information content (AvgIpc) is 3.11. The number of methoxy groups -OCH3 is 1. The van der Waals surface area contributed by atoms with E-state index in [-0.39, 0.29) is 17.9 Å². The summed E-state index contributed by atoms with van der Waals surface area (Å²) in [4.78, 5) is 17.2. The minimum Gasteiger partial charge on any atom is -0.497 e. The number of rotatable bonds is 6. The van der Waals surface area contributed by atoms with Crippen LogP contribution in [0.15, 0.2) is 36.7 Å². The molecule has 0 spiro atoms. The molecule has 2 aliphatic rings. The molecule has 2 aromatic rings. The van der Waals surface area contributed by atoms with Gasteiger partial charge in [-0.15, -0.1) is 0 Å². The van der Waals surface area contributed by atoms with Crippen LogP contribution in [0, 0.1) is 24.7 Å². The highest BCUT2D eigenvalue weighted by Crippen LogP contribution is 2.54. The standard InChI is InChI=1S/C23H31N3O2/c1-15(14-26-13-12-24-16(26)2)23(27)25-22-20-7-5-4-6-19(20)21(22)17-8-10-18(28-3)11-9-17/h8-13,15,19-22H,4-7,14H2,1-3H3,(H,25,27)/t15-,19-,20+,21+,22+/m1/s1. The van der Waals surface area contributed by atoms with Gasteiger partial charge in [-0.1, -0.05) is 31.9 Å². The Labute approximate surface area is 167 Å². The Morgan fingerprint density at radius 2 is 1.96 bits per heavy atom. The van der Waals surface area contributed by atoms with Crippen molar-refractivity contribution in [1.29, 1.82) is 0 Å². The zero-order chi connectivity index (χ0) is 19.7. The van der Waals surface area contributed by atoms with Crippen LogP contribution in [0.5, 0.6) is 5.75 Å². The summed E-state index contributed by atoms with van der Waals surface area (Å²) in [7, 11) is 1.70. The van der Waals surface area contributed by atoms with E-state index in [4.69, 9.17) is 4.74 Å². The van der Waals surface area contributed by atoms with Crippen molar-refractivity contribution in [3.63, 3.8) is 0 Å². The Morgan fingerprint density at radius 1 is 1.25 bits per heavy atom. The molecule has 0 bridgehead atoms. The number of fused-ring (bicyclic) bond motifs is 1. The second-order valence-electron chi connectivity index (χ2n) is 8.47. The van der Waals surface area contributed by atoms with Gasteiger partial charge in [0, 0.05) is 30.9 Å². The molecule has 4 rings (SSSR count). The Hall–Kier alpha value is -2.30. The molecule has 2 fully saturated rings. The number of ether oxygens (including phenoxy) is 1. The number of carbonyl (C=O) groups is 1. The SMILES string of the molecule is COc1ccc([C@H]2[C@@H]3CCCC[C@@H]3[C@@H]2NC(=O)[C@H](C)Cn2ccnc2C)cc1. The number of hydrogen-bond acceptors (Lipinski definition) is 3. The fraction of sp³-hybridized carbons (Fsp3) is 0.565. The predicted molar refractivity (Wildman–Crippen MR) is 109 cm³/mol. The second-order valence-corrected chi connectivity index (χ2v) is 8.47. The summed E-state index contributed by atoms with van der Waals surface area (Å²) < 4.78 is 7.36. The van der Waals surface area contributed by atoms with Gasteiger partial charge < -0.3 is 14.6 Å². The summed E-state index contributed by atoms with van der Waals surface area (Å²) in [5, 5.41) is 3.42. The molecular weight excluding hydrogens is 350 g/mol. The van der Waals surface area contributed by atoms with Crippen molar-refractivity contribution in [2.75, 3.05) is 7.11 Å². The van der Waals surface area contributed by atoms with Gasteiger partial charge in [0.25, 0.3) is 0 Å². The lowest BCUT2D eigenvalue weighted by Gasteiger charge is -2.55. The molecule has 0 aliphatic heterocycles. The lowest BCUT2D eigenvalue weighted by atomic mass is 9.53. The molecule has 5 atom stereocenters. The smallest absolute Gasteiger partial charge is 0.224 e. The van der Waals surface area contributed by atoms with E-state index in [9.17, 15) is 4.79 Å². The van der Waals surface area contributed by atoms with Gasteiger partial charge in [0.05, 0.1) is 13.0 Å². The molecule has 1 aromatic carbocycles. The van der Waals surface area contributed by atoms with Gasteiger partial charge in [-0.25, -0.2) is 4.98 Å². The third kappa shape index (κ3) is 3.54. The minimum atomic E-state index is -0.0768. The molecule has 1 N–H and O–H groups in total. The van der Waals surface area contributed by atoms with Crippen molar-refractivity contribution in [2.24, 2.45) is 17.8 Å². The summed E-state index contributed by atoms with van der Waals surface area (Å²) in [5.41, 5.74) is 1.33. The van der Waals surface area contributed by atoms with Crippen molar-refractivity contribution in [3.05, 3.63) is 48.0 Å². The molecule has 28 heavy (non-hydrogen) atoms.